The van der Waals surface area contributed by atoms with Crippen molar-refractivity contribution in [2.45, 2.75) is 45.8 Å². The largest absolute Gasteiger partial charge is 0.338 e. The van der Waals surface area contributed by atoms with Gasteiger partial charge in [-0.15, -0.1) is 0 Å². The van der Waals surface area contributed by atoms with Crippen LogP contribution in [0.4, 0.5) is 0 Å². The molecule has 5 heteroatoms. The fourth-order valence-corrected chi connectivity index (χ4v) is 2.27. The highest BCUT2D eigenvalue weighted by molar-refractivity contribution is 4.90. The van der Waals surface area contributed by atoms with Crippen LogP contribution in [0.1, 0.15) is 32.0 Å². The van der Waals surface area contributed by atoms with E-state index in [-0.39, 0.29) is 0 Å². The standard InChI is InChI=1S/C11H20N4O/c1-7-8(2)15(5-4-10(7)12)6-11-13-9(3)14-16-11/h7-8,10H,4-6,12H2,1-3H3. The van der Waals surface area contributed by atoms with Gasteiger partial charge in [-0.1, -0.05) is 12.1 Å². The normalized spacial score (nSPS) is 31.9. The zero-order valence-electron chi connectivity index (χ0n) is 10.2. The van der Waals surface area contributed by atoms with Gasteiger partial charge in [-0.05, 0) is 26.2 Å². The summed E-state index contributed by atoms with van der Waals surface area (Å²) in [5, 5.41) is 3.80. The van der Waals surface area contributed by atoms with Crippen molar-refractivity contribution in [3.63, 3.8) is 0 Å². The lowest BCUT2D eigenvalue weighted by atomic mass is 9.88. The molecule has 1 aliphatic rings. The third-order valence-corrected chi connectivity index (χ3v) is 3.67. The lowest BCUT2D eigenvalue weighted by Gasteiger charge is -2.40. The van der Waals surface area contributed by atoms with Crippen LogP contribution in [0.15, 0.2) is 4.52 Å². The van der Waals surface area contributed by atoms with Gasteiger partial charge in [0, 0.05) is 18.6 Å². The van der Waals surface area contributed by atoms with Crippen LogP contribution in [-0.4, -0.2) is 33.7 Å². The first-order chi connectivity index (χ1) is 7.58. The third-order valence-electron chi connectivity index (χ3n) is 3.67. The number of piperidine rings is 1. The highest BCUT2D eigenvalue weighted by atomic mass is 16.5. The molecule has 90 valence electrons. The van der Waals surface area contributed by atoms with Gasteiger partial charge in [-0.3, -0.25) is 4.90 Å². The maximum atomic E-state index is 6.05. The zero-order chi connectivity index (χ0) is 11.7. The zero-order valence-corrected chi connectivity index (χ0v) is 10.2. The molecular weight excluding hydrogens is 204 g/mol. The third kappa shape index (κ3) is 2.25. The van der Waals surface area contributed by atoms with E-state index in [4.69, 9.17) is 10.3 Å². The highest BCUT2D eigenvalue weighted by Crippen LogP contribution is 2.23. The maximum absolute atomic E-state index is 6.05. The Morgan fingerprint density at radius 3 is 2.88 bits per heavy atom. The number of hydrogen-bond donors (Lipinski definition) is 1. The first-order valence-corrected chi connectivity index (χ1v) is 5.86. The summed E-state index contributed by atoms with van der Waals surface area (Å²) in [5.41, 5.74) is 6.05. The molecule has 2 heterocycles. The van der Waals surface area contributed by atoms with Crippen molar-refractivity contribution in [3.05, 3.63) is 11.7 Å². The summed E-state index contributed by atoms with van der Waals surface area (Å²) in [5.74, 6) is 1.91. The molecule has 2 N–H and O–H groups in total. The van der Waals surface area contributed by atoms with Crippen molar-refractivity contribution in [2.75, 3.05) is 6.54 Å². The molecule has 5 nitrogen and oxygen atoms in total. The first-order valence-electron chi connectivity index (χ1n) is 5.86. The molecule has 0 radical (unpaired) electrons. The van der Waals surface area contributed by atoms with Crippen molar-refractivity contribution >= 4 is 0 Å². The van der Waals surface area contributed by atoms with Gasteiger partial charge in [-0.2, -0.15) is 4.98 Å². The smallest absolute Gasteiger partial charge is 0.240 e. The molecule has 0 saturated carbocycles. The van der Waals surface area contributed by atoms with E-state index in [1.54, 1.807) is 0 Å². The van der Waals surface area contributed by atoms with Crippen LogP contribution in [-0.2, 0) is 6.54 Å². The van der Waals surface area contributed by atoms with Gasteiger partial charge >= 0.3 is 0 Å². The van der Waals surface area contributed by atoms with Crippen LogP contribution in [0, 0.1) is 12.8 Å². The summed E-state index contributed by atoms with van der Waals surface area (Å²) in [7, 11) is 0. The van der Waals surface area contributed by atoms with Gasteiger partial charge in [0.25, 0.3) is 0 Å². The molecule has 0 spiro atoms. The van der Waals surface area contributed by atoms with Crippen molar-refractivity contribution in [1.82, 2.24) is 15.0 Å². The molecule has 2 rings (SSSR count). The number of likely N-dealkylation sites (tertiary alicyclic amines) is 1. The Morgan fingerprint density at radius 1 is 1.50 bits per heavy atom. The predicted octanol–water partition coefficient (Wildman–Crippen LogP) is 0.936. The Morgan fingerprint density at radius 2 is 2.25 bits per heavy atom. The van der Waals surface area contributed by atoms with Crippen LogP contribution in [0.2, 0.25) is 0 Å². The minimum absolute atomic E-state index is 0.315. The number of nitrogens with two attached hydrogens (primary N) is 1. The minimum atomic E-state index is 0.315. The SMILES string of the molecule is Cc1noc(CN2CCC(N)C(C)C2C)n1. The number of nitrogens with zero attached hydrogens (tertiary/aromatic N) is 3. The van der Waals surface area contributed by atoms with Gasteiger partial charge in [0.05, 0.1) is 6.54 Å². The van der Waals surface area contributed by atoms with E-state index >= 15 is 0 Å². The van der Waals surface area contributed by atoms with Gasteiger partial charge < -0.3 is 10.3 Å². The molecular formula is C11H20N4O. The van der Waals surface area contributed by atoms with E-state index in [2.05, 4.69) is 28.9 Å². The fraction of sp³-hybridized carbons (Fsp3) is 0.818. The van der Waals surface area contributed by atoms with E-state index in [0.717, 1.165) is 19.5 Å². The second-order valence-corrected chi connectivity index (χ2v) is 4.76. The van der Waals surface area contributed by atoms with Crippen molar-refractivity contribution in [1.29, 1.82) is 0 Å². The molecule has 16 heavy (non-hydrogen) atoms. The quantitative estimate of drug-likeness (QED) is 0.809. The average molecular weight is 224 g/mol. The Balaban J connectivity index is 2.00. The molecule has 1 fully saturated rings. The van der Waals surface area contributed by atoms with Crippen molar-refractivity contribution in [3.8, 4) is 0 Å². The van der Waals surface area contributed by atoms with Crippen LogP contribution >= 0.6 is 0 Å². The summed E-state index contributed by atoms with van der Waals surface area (Å²) in [6.07, 6.45) is 1.04. The lowest BCUT2D eigenvalue weighted by Crippen LogP contribution is -2.51. The highest BCUT2D eigenvalue weighted by Gasteiger charge is 2.30. The molecule has 3 unspecified atom stereocenters. The number of hydrogen-bond acceptors (Lipinski definition) is 5. The minimum Gasteiger partial charge on any atom is -0.338 e. The summed E-state index contributed by atoms with van der Waals surface area (Å²) in [4.78, 5) is 6.59. The van der Waals surface area contributed by atoms with Gasteiger partial charge in [-0.25, -0.2) is 0 Å². The van der Waals surface area contributed by atoms with Crippen LogP contribution in [0.3, 0.4) is 0 Å². The van der Waals surface area contributed by atoms with E-state index < -0.39 is 0 Å². The summed E-state index contributed by atoms with van der Waals surface area (Å²) >= 11 is 0. The summed E-state index contributed by atoms with van der Waals surface area (Å²) < 4.78 is 5.14. The van der Waals surface area contributed by atoms with Crippen LogP contribution in [0.5, 0.6) is 0 Å². The van der Waals surface area contributed by atoms with Crippen molar-refractivity contribution < 1.29 is 4.52 Å². The molecule has 0 aromatic carbocycles. The number of rotatable bonds is 2. The molecule has 1 aromatic heterocycles. The summed E-state index contributed by atoms with van der Waals surface area (Å²) in [6.45, 7) is 8.01. The molecule has 1 aromatic rings. The number of aryl methyl sites for hydroxylation is 1. The van der Waals surface area contributed by atoms with Crippen molar-refractivity contribution in [2.24, 2.45) is 11.7 Å². The van der Waals surface area contributed by atoms with E-state index in [1.807, 2.05) is 6.92 Å². The van der Waals surface area contributed by atoms with Gasteiger partial charge in [0.1, 0.15) is 0 Å². The maximum Gasteiger partial charge on any atom is 0.240 e. The average Bonchev–Trinajstić information content (AvgIpc) is 2.65. The Kier molecular flexibility index (Phi) is 3.25. The predicted molar refractivity (Wildman–Crippen MR) is 60.7 cm³/mol. The molecule has 1 saturated heterocycles. The van der Waals surface area contributed by atoms with E-state index in [0.29, 0.717) is 29.7 Å². The van der Waals surface area contributed by atoms with E-state index in [9.17, 15) is 0 Å². The topological polar surface area (TPSA) is 68.2 Å². The second kappa shape index (κ2) is 4.51. The summed E-state index contributed by atoms with van der Waals surface area (Å²) in [6, 6.07) is 0.784. The lowest BCUT2D eigenvalue weighted by molar-refractivity contribution is 0.0802. The van der Waals surface area contributed by atoms with Gasteiger partial charge in [0.15, 0.2) is 5.82 Å². The molecule has 0 amide bonds. The molecule has 1 aliphatic heterocycles. The molecule has 0 bridgehead atoms. The van der Waals surface area contributed by atoms with E-state index in [1.165, 1.54) is 0 Å². The Hall–Kier alpha value is -0.940. The van der Waals surface area contributed by atoms with Crippen LogP contribution in [0.25, 0.3) is 0 Å². The monoisotopic (exact) mass is 224 g/mol. The first kappa shape index (κ1) is 11.5. The fourth-order valence-electron chi connectivity index (χ4n) is 2.27. The Labute approximate surface area is 96.0 Å². The second-order valence-electron chi connectivity index (χ2n) is 4.76. The van der Waals surface area contributed by atoms with Gasteiger partial charge in [0.2, 0.25) is 5.89 Å². The molecule has 3 atom stereocenters. The van der Waals surface area contributed by atoms with Crippen LogP contribution < -0.4 is 5.73 Å². The molecule has 0 aliphatic carbocycles. The Bertz CT molecular complexity index is 352. The number of aromatic nitrogens is 2.